The lowest BCUT2D eigenvalue weighted by Crippen LogP contribution is -2.42. The molecule has 0 aliphatic heterocycles. The number of halogens is 1. The van der Waals surface area contributed by atoms with Crippen LogP contribution in [0.2, 0.25) is 0 Å². The molecule has 3 nitrogen and oxygen atoms in total. The molecule has 0 saturated carbocycles. The summed E-state index contributed by atoms with van der Waals surface area (Å²) in [6.45, 7) is 6.08. The molecule has 1 aromatic rings. The minimum atomic E-state index is -0.435. The zero-order valence-corrected chi connectivity index (χ0v) is 12.7. The van der Waals surface area contributed by atoms with E-state index in [-0.39, 0.29) is 11.9 Å². The van der Waals surface area contributed by atoms with Crippen molar-refractivity contribution in [2.75, 3.05) is 0 Å². The number of amides is 1. The highest BCUT2D eigenvalue weighted by Gasteiger charge is 2.18. The first-order valence-electron chi connectivity index (χ1n) is 6.22. The summed E-state index contributed by atoms with van der Waals surface area (Å²) in [4.78, 5) is 11.9. The number of rotatable bonds is 5. The van der Waals surface area contributed by atoms with Crippen molar-refractivity contribution < 1.29 is 4.79 Å². The molecule has 0 saturated heterocycles. The summed E-state index contributed by atoms with van der Waals surface area (Å²) in [7, 11) is 0. The Balaban J connectivity index is 2.62. The van der Waals surface area contributed by atoms with Crippen molar-refractivity contribution in [2.45, 2.75) is 39.3 Å². The summed E-state index contributed by atoms with van der Waals surface area (Å²) >= 11 is 3.48. The van der Waals surface area contributed by atoms with Gasteiger partial charge in [0.25, 0.3) is 0 Å². The van der Waals surface area contributed by atoms with Crippen molar-refractivity contribution in [1.29, 1.82) is 0 Å². The number of nitrogens with one attached hydrogen (secondary N) is 1. The van der Waals surface area contributed by atoms with Gasteiger partial charge in [0.2, 0.25) is 5.91 Å². The molecule has 1 rings (SSSR count). The quantitative estimate of drug-likeness (QED) is 0.878. The van der Waals surface area contributed by atoms with Gasteiger partial charge < -0.3 is 11.1 Å². The third-order valence-corrected chi connectivity index (χ3v) is 3.51. The standard InChI is InChI=1S/C14H21BrN2O/c1-9(2)8-13(16)14(18)17-10(3)11-6-4-5-7-12(11)15/h4-7,9-10,13H,8,16H2,1-3H3,(H,17,18)/t10-,13+/m0/s1. The molecule has 3 N–H and O–H groups in total. The van der Waals surface area contributed by atoms with Crippen molar-refractivity contribution >= 4 is 21.8 Å². The molecular weight excluding hydrogens is 292 g/mol. The van der Waals surface area contributed by atoms with E-state index < -0.39 is 6.04 Å². The van der Waals surface area contributed by atoms with Crippen LogP contribution in [0.3, 0.4) is 0 Å². The van der Waals surface area contributed by atoms with Crippen LogP contribution >= 0.6 is 15.9 Å². The highest BCUT2D eigenvalue weighted by atomic mass is 79.9. The fourth-order valence-corrected chi connectivity index (χ4v) is 2.47. The lowest BCUT2D eigenvalue weighted by atomic mass is 10.0. The SMILES string of the molecule is CC(C)C[C@@H](N)C(=O)N[C@@H](C)c1ccccc1Br. The van der Waals surface area contributed by atoms with Gasteiger partial charge in [-0.05, 0) is 30.9 Å². The monoisotopic (exact) mass is 312 g/mol. The van der Waals surface area contributed by atoms with Crippen molar-refractivity contribution in [3.63, 3.8) is 0 Å². The van der Waals surface area contributed by atoms with Gasteiger partial charge in [-0.3, -0.25) is 4.79 Å². The average molecular weight is 313 g/mol. The third-order valence-electron chi connectivity index (χ3n) is 2.79. The van der Waals surface area contributed by atoms with Gasteiger partial charge in [0, 0.05) is 4.47 Å². The van der Waals surface area contributed by atoms with E-state index in [0.29, 0.717) is 12.3 Å². The maximum absolute atomic E-state index is 11.9. The molecule has 0 unspecified atom stereocenters. The number of hydrogen-bond acceptors (Lipinski definition) is 2. The van der Waals surface area contributed by atoms with Crippen LogP contribution in [0.4, 0.5) is 0 Å². The van der Waals surface area contributed by atoms with E-state index in [2.05, 4.69) is 35.1 Å². The van der Waals surface area contributed by atoms with Gasteiger partial charge in [-0.15, -0.1) is 0 Å². The molecule has 2 atom stereocenters. The van der Waals surface area contributed by atoms with Gasteiger partial charge in [0.05, 0.1) is 12.1 Å². The first-order chi connectivity index (χ1) is 8.41. The molecule has 0 bridgehead atoms. The van der Waals surface area contributed by atoms with E-state index >= 15 is 0 Å². The van der Waals surface area contributed by atoms with Crippen LogP contribution < -0.4 is 11.1 Å². The number of carbonyl (C=O) groups excluding carboxylic acids is 1. The maximum Gasteiger partial charge on any atom is 0.237 e. The molecule has 0 heterocycles. The van der Waals surface area contributed by atoms with E-state index in [0.717, 1.165) is 10.0 Å². The molecule has 0 aromatic heterocycles. The summed E-state index contributed by atoms with van der Waals surface area (Å²) in [5.74, 6) is 0.330. The second-order valence-corrected chi connectivity index (χ2v) is 5.84. The smallest absolute Gasteiger partial charge is 0.237 e. The molecule has 0 spiro atoms. The third kappa shape index (κ3) is 4.42. The Hall–Kier alpha value is -0.870. The molecule has 1 aromatic carbocycles. The minimum absolute atomic E-state index is 0.0497. The van der Waals surface area contributed by atoms with Gasteiger partial charge in [-0.25, -0.2) is 0 Å². The zero-order chi connectivity index (χ0) is 13.7. The van der Waals surface area contributed by atoms with Gasteiger partial charge in [0.1, 0.15) is 0 Å². The topological polar surface area (TPSA) is 55.1 Å². The van der Waals surface area contributed by atoms with Crippen LogP contribution in [-0.2, 0) is 4.79 Å². The van der Waals surface area contributed by atoms with Gasteiger partial charge in [-0.1, -0.05) is 48.0 Å². The van der Waals surface area contributed by atoms with E-state index in [4.69, 9.17) is 5.73 Å². The summed E-state index contributed by atoms with van der Waals surface area (Å²) < 4.78 is 0.996. The second kappa shape index (κ2) is 6.90. The second-order valence-electron chi connectivity index (χ2n) is 4.99. The number of hydrogen-bond donors (Lipinski definition) is 2. The molecule has 0 aliphatic rings. The average Bonchev–Trinajstić information content (AvgIpc) is 2.28. The Morgan fingerprint density at radius 1 is 1.33 bits per heavy atom. The normalized spacial score (nSPS) is 14.3. The van der Waals surface area contributed by atoms with Gasteiger partial charge >= 0.3 is 0 Å². The van der Waals surface area contributed by atoms with Crippen LogP contribution in [0, 0.1) is 5.92 Å². The van der Waals surface area contributed by atoms with Crippen LogP contribution in [0.25, 0.3) is 0 Å². The Bertz CT molecular complexity index is 407. The van der Waals surface area contributed by atoms with E-state index in [1.54, 1.807) is 0 Å². The molecule has 0 aliphatic carbocycles. The molecular formula is C14H21BrN2O. The predicted molar refractivity (Wildman–Crippen MR) is 78.1 cm³/mol. The van der Waals surface area contributed by atoms with Crippen LogP contribution in [-0.4, -0.2) is 11.9 Å². The molecule has 0 fully saturated rings. The zero-order valence-electron chi connectivity index (χ0n) is 11.1. The summed E-state index contributed by atoms with van der Waals surface area (Å²) in [6, 6.07) is 7.37. The first kappa shape index (κ1) is 15.2. The van der Waals surface area contributed by atoms with E-state index in [1.165, 1.54) is 0 Å². The fraction of sp³-hybridized carbons (Fsp3) is 0.500. The number of carbonyl (C=O) groups is 1. The summed E-state index contributed by atoms with van der Waals surface area (Å²) in [6.07, 6.45) is 0.703. The molecule has 100 valence electrons. The Morgan fingerprint density at radius 2 is 1.94 bits per heavy atom. The summed E-state index contributed by atoms with van der Waals surface area (Å²) in [5, 5.41) is 2.95. The molecule has 0 radical (unpaired) electrons. The highest BCUT2D eigenvalue weighted by molar-refractivity contribution is 9.10. The molecule has 4 heteroatoms. The van der Waals surface area contributed by atoms with Gasteiger partial charge in [-0.2, -0.15) is 0 Å². The van der Waals surface area contributed by atoms with Crippen LogP contribution in [0.15, 0.2) is 28.7 Å². The van der Waals surface area contributed by atoms with Crippen molar-refractivity contribution in [2.24, 2.45) is 11.7 Å². The van der Waals surface area contributed by atoms with Crippen molar-refractivity contribution in [3.8, 4) is 0 Å². The Labute approximate surface area is 117 Å². The molecule has 18 heavy (non-hydrogen) atoms. The lowest BCUT2D eigenvalue weighted by molar-refractivity contribution is -0.123. The van der Waals surface area contributed by atoms with Crippen LogP contribution in [0.5, 0.6) is 0 Å². The Morgan fingerprint density at radius 3 is 2.50 bits per heavy atom. The van der Waals surface area contributed by atoms with Crippen molar-refractivity contribution in [1.82, 2.24) is 5.32 Å². The summed E-state index contributed by atoms with van der Waals surface area (Å²) in [5.41, 5.74) is 6.92. The largest absolute Gasteiger partial charge is 0.348 e. The van der Waals surface area contributed by atoms with Gasteiger partial charge in [0.15, 0.2) is 0 Å². The lowest BCUT2D eigenvalue weighted by Gasteiger charge is -2.19. The minimum Gasteiger partial charge on any atom is -0.348 e. The molecule has 1 amide bonds. The van der Waals surface area contributed by atoms with E-state index in [1.807, 2.05) is 31.2 Å². The predicted octanol–water partition coefficient (Wildman–Crippen LogP) is 3.00. The Kier molecular flexibility index (Phi) is 5.82. The first-order valence-corrected chi connectivity index (χ1v) is 7.01. The fourth-order valence-electron chi connectivity index (χ4n) is 1.84. The van der Waals surface area contributed by atoms with E-state index in [9.17, 15) is 4.79 Å². The highest BCUT2D eigenvalue weighted by Crippen LogP contribution is 2.22. The maximum atomic E-state index is 11.9. The number of benzene rings is 1. The van der Waals surface area contributed by atoms with Crippen molar-refractivity contribution in [3.05, 3.63) is 34.3 Å². The number of nitrogens with two attached hydrogens (primary N) is 1. The van der Waals surface area contributed by atoms with Crippen LogP contribution in [0.1, 0.15) is 38.8 Å².